The van der Waals surface area contributed by atoms with Crippen molar-refractivity contribution in [3.63, 3.8) is 0 Å². The fourth-order valence-corrected chi connectivity index (χ4v) is 5.01. The predicted octanol–water partition coefficient (Wildman–Crippen LogP) is 2.79. The maximum atomic E-state index is 13.4. The first-order valence-electron chi connectivity index (χ1n) is 9.52. The smallest absolute Gasteiger partial charge is 0.236 e. The van der Waals surface area contributed by atoms with Gasteiger partial charge in [-0.2, -0.15) is 0 Å². The fraction of sp³-hybridized carbons (Fsp3) is 0.261. The number of ketones is 1. The van der Waals surface area contributed by atoms with Crippen molar-refractivity contribution >= 4 is 23.7 Å². The van der Waals surface area contributed by atoms with Gasteiger partial charge in [-0.15, -0.1) is 0 Å². The third-order valence-electron chi connectivity index (χ3n) is 6.15. The summed E-state index contributed by atoms with van der Waals surface area (Å²) in [4.78, 5) is 42.4. The van der Waals surface area contributed by atoms with Crippen molar-refractivity contribution in [3.05, 3.63) is 77.5 Å². The van der Waals surface area contributed by atoms with Crippen LogP contribution in [0.2, 0.25) is 0 Å². The minimum absolute atomic E-state index is 0.0794. The molecular formula is C23H20N2O3. The first kappa shape index (κ1) is 16.9. The van der Waals surface area contributed by atoms with E-state index in [1.165, 1.54) is 11.8 Å². The van der Waals surface area contributed by atoms with Gasteiger partial charge >= 0.3 is 0 Å². The van der Waals surface area contributed by atoms with Crippen molar-refractivity contribution in [2.45, 2.75) is 25.6 Å². The molecule has 2 fully saturated rings. The standard InChI is InChI=1S/C23H20N2O3/c1-14(26)20-18-19(21-17-10-6-5-9-16(17)11-12-24(20)21)23(28)25(22(18)27)13-15-7-3-2-4-8-15/h2-12,18-21H,13H2,1H3/t18-,19+,20+,21+/m1/s1. The number of imide groups is 1. The van der Waals surface area contributed by atoms with E-state index in [2.05, 4.69) is 0 Å². The van der Waals surface area contributed by atoms with Gasteiger partial charge in [-0.05, 0) is 29.7 Å². The minimum atomic E-state index is -0.630. The summed E-state index contributed by atoms with van der Waals surface area (Å²) in [5, 5.41) is 0. The molecule has 5 rings (SSSR count). The number of amides is 2. The molecule has 0 N–H and O–H groups in total. The van der Waals surface area contributed by atoms with Gasteiger partial charge in [0.05, 0.1) is 30.5 Å². The number of likely N-dealkylation sites (tertiary alicyclic amines) is 1. The Morgan fingerprint density at radius 2 is 1.61 bits per heavy atom. The average molecular weight is 372 g/mol. The van der Waals surface area contributed by atoms with Gasteiger partial charge < -0.3 is 4.90 Å². The maximum Gasteiger partial charge on any atom is 0.236 e. The van der Waals surface area contributed by atoms with Crippen molar-refractivity contribution in [1.82, 2.24) is 9.80 Å². The van der Waals surface area contributed by atoms with Crippen LogP contribution in [0.25, 0.3) is 6.08 Å². The summed E-state index contributed by atoms with van der Waals surface area (Å²) in [6.45, 7) is 1.76. The lowest BCUT2D eigenvalue weighted by Gasteiger charge is -2.34. The van der Waals surface area contributed by atoms with E-state index >= 15 is 0 Å². The van der Waals surface area contributed by atoms with Crippen molar-refractivity contribution in [3.8, 4) is 0 Å². The van der Waals surface area contributed by atoms with Gasteiger partial charge in [0.15, 0.2) is 5.78 Å². The third kappa shape index (κ3) is 2.29. The number of Topliss-reactive ketones (excluding diaryl/α,β-unsaturated/α-hetero) is 1. The second kappa shape index (κ2) is 6.16. The Balaban J connectivity index is 1.58. The minimum Gasteiger partial charge on any atom is -0.359 e. The van der Waals surface area contributed by atoms with Crippen LogP contribution in [0.1, 0.15) is 29.7 Å². The highest BCUT2D eigenvalue weighted by atomic mass is 16.2. The van der Waals surface area contributed by atoms with Crippen LogP contribution in [0, 0.1) is 11.8 Å². The van der Waals surface area contributed by atoms with Crippen LogP contribution in [0.15, 0.2) is 60.8 Å². The molecule has 2 saturated heterocycles. The van der Waals surface area contributed by atoms with Gasteiger partial charge in [-0.25, -0.2) is 0 Å². The normalized spacial score (nSPS) is 27.6. The second-order valence-electron chi connectivity index (χ2n) is 7.69. The van der Waals surface area contributed by atoms with E-state index in [4.69, 9.17) is 0 Å². The molecule has 0 spiro atoms. The summed E-state index contributed by atoms with van der Waals surface area (Å²) in [6.07, 6.45) is 3.83. The zero-order valence-electron chi connectivity index (χ0n) is 15.5. The average Bonchev–Trinajstić information content (AvgIpc) is 3.18. The highest BCUT2D eigenvalue weighted by molar-refractivity contribution is 6.09. The van der Waals surface area contributed by atoms with Crippen LogP contribution in [-0.4, -0.2) is 33.4 Å². The summed E-state index contributed by atoms with van der Waals surface area (Å²) in [5.41, 5.74) is 2.95. The molecule has 28 heavy (non-hydrogen) atoms. The molecule has 0 unspecified atom stereocenters. The van der Waals surface area contributed by atoms with E-state index in [0.717, 1.165) is 16.7 Å². The monoisotopic (exact) mass is 372 g/mol. The molecular weight excluding hydrogens is 352 g/mol. The van der Waals surface area contributed by atoms with Crippen molar-refractivity contribution in [2.75, 3.05) is 0 Å². The van der Waals surface area contributed by atoms with Crippen molar-refractivity contribution < 1.29 is 14.4 Å². The van der Waals surface area contributed by atoms with Gasteiger partial charge in [0.1, 0.15) is 0 Å². The van der Waals surface area contributed by atoms with Gasteiger partial charge in [0.2, 0.25) is 11.8 Å². The van der Waals surface area contributed by atoms with E-state index in [9.17, 15) is 14.4 Å². The summed E-state index contributed by atoms with van der Waals surface area (Å²) >= 11 is 0. The second-order valence-corrected chi connectivity index (χ2v) is 7.69. The molecule has 0 radical (unpaired) electrons. The van der Waals surface area contributed by atoms with Crippen LogP contribution in [-0.2, 0) is 20.9 Å². The van der Waals surface area contributed by atoms with E-state index in [-0.39, 0.29) is 30.2 Å². The lowest BCUT2D eigenvalue weighted by molar-refractivity contribution is -0.143. The highest BCUT2D eigenvalue weighted by Crippen LogP contribution is 2.52. The number of hydrogen-bond donors (Lipinski definition) is 0. The number of fused-ring (bicyclic) bond motifs is 5. The first-order chi connectivity index (χ1) is 13.6. The number of rotatable bonds is 3. The Morgan fingerprint density at radius 1 is 0.929 bits per heavy atom. The quantitative estimate of drug-likeness (QED) is 0.778. The maximum absolute atomic E-state index is 13.4. The van der Waals surface area contributed by atoms with Crippen LogP contribution < -0.4 is 0 Å². The predicted molar refractivity (Wildman–Crippen MR) is 104 cm³/mol. The summed E-state index contributed by atoms with van der Waals surface area (Å²) in [7, 11) is 0. The zero-order valence-corrected chi connectivity index (χ0v) is 15.5. The van der Waals surface area contributed by atoms with Crippen LogP contribution >= 0.6 is 0 Å². The topological polar surface area (TPSA) is 57.7 Å². The molecule has 3 heterocycles. The summed E-state index contributed by atoms with van der Waals surface area (Å²) in [5.74, 6) is -1.66. The Morgan fingerprint density at radius 3 is 2.36 bits per heavy atom. The Hall–Kier alpha value is -3.21. The molecule has 3 aliphatic heterocycles. The zero-order chi connectivity index (χ0) is 19.4. The fourth-order valence-electron chi connectivity index (χ4n) is 5.01. The molecule has 4 atom stereocenters. The van der Waals surface area contributed by atoms with E-state index < -0.39 is 17.9 Å². The molecule has 3 aliphatic rings. The van der Waals surface area contributed by atoms with E-state index in [1.807, 2.05) is 71.8 Å². The molecule has 0 bridgehead atoms. The molecule has 0 saturated carbocycles. The molecule has 0 aromatic heterocycles. The number of carbonyl (C=O) groups excluding carboxylic acids is 3. The Kier molecular flexibility index (Phi) is 3.72. The molecule has 5 heteroatoms. The number of nitrogens with zero attached hydrogens (tertiary/aromatic N) is 2. The molecule has 2 aromatic rings. The lowest BCUT2D eigenvalue weighted by atomic mass is 9.84. The SMILES string of the molecule is CC(=O)[C@H]1[C@@H]2C(=O)N(Cc3ccccc3)C(=O)[C@@H]2[C@@H]2c3ccccc3C=CN12. The Labute approximate surface area is 163 Å². The van der Waals surface area contributed by atoms with E-state index in [1.54, 1.807) is 0 Å². The van der Waals surface area contributed by atoms with Crippen molar-refractivity contribution in [2.24, 2.45) is 11.8 Å². The largest absolute Gasteiger partial charge is 0.359 e. The van der Waals surface area contributed by atoms with Crippen molar-refractivity contribution in [1.29, 1.82) is 0 Å². The summed E-state index contributed by atoms with van der Waals surface area (Å²) in [6, 6.07) is 16.5. The number of hydrogen-bond acceptors (Lipinski definition) is 4. The molecule has 5 nitrogen and oxygen atoms in total. The molecule has 2 amide bonds. The third-order valence-corrected chi connectivity index (χ3v) is 6.15. The van der Waals surface area contributed by atoms with Gasteiger partial charge in [-0.3, -0.25) is 19.3 Å². The van der Waals surface area contributed by atoms with Crippen LogP contribution in [0.4, 0.5) is 0 Å². The number of benzene rings is 2. The van der Waals surface area contributed by atoms with Gasteiger partial charge in [-0.1, -0.05) is 54.6 Å². The Bertz CT molecular complexity index is 1010. The van der Waals surface area contributed by atoms with Gasteiger partial charge in [0.25, 0.3) is 0 Å². The van der Waals surface area contributed by atoms with Crippen LogP contribution in [0.5, 0.6) is 0 Å². The number of carbonyl (C=O) groups is 3. The highest BCUT2D eigenvalue weighted by Gasteiger charge is 2.63. The van der Waals surface area contributed by atoms with Crippen LogP contribution in [0.3, 0.4) is 0 Å². The molecule has 0 aliphatic carbocycles. The summed E-state index contributed by atoms with van der Waals surface area (Å²) < 4.78 is 0. The molecule has 2 aromatic carbocycles. The van der Waals surface area contributed by atoms with Gasteiger partial charge in [0, 0.05) is 6.20 Å². The first-order valence-corrected chi connectivity index (χ1v) is 9.52. The molecule has 140 valence electrons. The van der Waals surface area contributed by atoms with E-state index in [0.29, 0.717) is 0 Å². The lowest BCUT2D eigenvalue weighted by Crippen LogP contribution is -2.43.